The third kappa shape index (κ3) is 7.41. The van der Waals surface area contributed by atoms with Crippen molar-refractivity contribution in [3.63, 3.8) is 0 Å². The van der Waals surface area contributed by atoms with Crippen LogP contribution in [0.2, 0.25) is 0 Å². The van der Waals surface area contributed by atoms with Crippen molar-refractivity contribution in [1.82, 2.24) is 0 Å². The Balaban J connectivity index is 1.68. The van der Waals surface area contributed by atoms with Crippen LogP contribution in [0.1, 0.15) is 56.9 Å². The Morgan fingerprint density at radius 1 is 1.28 bits per heavy atom. The molecule has 0 amide bonds. The maximum Gasteiger partial charge on any atom is 0.306 e. The number of carboxylic acid groups (broad SMARTS) is 1. The molecular weight excluding hydrogens is 316 g/mol. The summed E-state index contributed by atoms with van der Waals surface area (Å²) in [5.41, 5.74) is 0.229. The lowest BCUT2D eigenvalue weighted by atomic mass is 9.76. The van der Waals surface area contributed by atoms with E-state index in [-0.39, 0.29) is 12.3 Å². The van der Waals surface area contributed by atoms with Crippen LogP contribution in [0, 0.1) is 5.92 Å². The van der Waals surface area contributed by atoms with Crippen LogP contribution in [-0.2, 0) is 11.2 Å². The standard InChI is InChI=1S/C21H30O4/c22-19(11-5-4-9-17-7-2-1-3-8-17)13-12-18-10-6-14-21(25,15-18)16-20(23)24/h1-3,7-8,12-13,18-19,22,25H,4-6,9-11,14-16H2,(H,23,24)/b13-12+/t18-,19?,21-/m0/s1. The molecule has 1 aromatic carbocycles. The van der Waals surface area contributed by atoms with Crippen molar-refractivity contribution in [2.24, 2.45) is 5.92 Å². The summed E-state index contributed by atoms with van der Waals surface area (Å²) in [6, 6.07) is 10.3. The van der Waals surface area contributed by atoms with Crippen molar-refractivity contribution in [3.05, 3.63) is 48.0 Å². The van der Waals surface area contributed by atoms with Gasteiger partial charge in [-0.15, -0.1) is 0 Å². The number of allylic oxidation sites excluding steroid dienone is 1. The Kier molecular flexibility index (Phi) is 7.66. The molecule has 25 heavy (non-hydrogen) atoms. The highest BCUT2D eigenvalue weighted by atomic mass is 16.4. The van der Waals surface area contributed by atoms with Crippen LogP contribution < -0.4 is 0 Å². The second-order valence-electron chi connectivity index (χ2n) is 7.33. The number of carboxylic acids is 1. The molecule has 1 aromatic rings. The van der Waals surface area contributed by atoms with Gasteiger partial charge in [0.25, 0.3) is 0 Å². The summed E-state index contributed by atoms with van der Waals surface area (Å²) in [6.07, 6.45) is 9.69. The average Bonchev–Trinajstić information content (AvgIpc) is 2.57. The molecule has 1 unspecified atom stereocenters. The van der Waals surface area contributed by atoms with E-state index in [4.69, 9.17) is 5.11 Å². The molecule has 0 saturated heterocycles. The minimum Gasteiger partial charge on any atom is -0.481 e. The average molecular weight is 346 g/mol. The number of benzene rings is 1. The van der Waals surface area contributed by atoms with Gasteiger partial charge in [0.2, 0.25) is 0 Å². The zero-order valence-corrected chi connectivity index (χ0v) is 14.8. The topological polar surface area (TPSA) is 77.8 Å². The molecule has 0 spiro atoms. The van der Waals surface area contributed by atoms with Crippen LogP contribution in [0.5, 0.6) is 0 Å². The summed E-state index contributed by atoms with van der Waals surface area (Å²) < 4.78 is 0. The number of aliphatic hydroxyl groups is 2. The highest BCUT2D eigenvalue weighted by Gasteiger charge is 2.35. The molecule has 0 aromatic heterocycles. The zero-order chi connectivity index (χ0) is 18.1. The number of hydrogen-bond donors (Lipinski definition) is 3. The molecule has 3 atom stereocenters. The predicted octanol–water partition coefficient (Wildman–Crippen LogP) is 3.71. The predicted molar refractivity (Wildman–Crippen MR) is 98.3 cm³/mol. The number of carbonyl (C=O) groups is 1. The van der Waals surface area contributed by atoms with Gasteiger partial charge >= 0.3 is 5.97 Å². The first-order valence-electron chi connectivity index (χ1n) is 9.31. The Hall–Kier alpha value is -1.65. The molecule has 0 bridgehead atoms. The molecule has 1 fully saturated rings. The largest absolute Gasteiger partial charge is 0.481 e. The summed E-state index contributed by atoms with van der Waals surface area (Å²) in [7, 11) is 0. The van der Waals surface area contributed by atoms with Crippen LogP contribution in [-0.4, -0.2) is 33.0 Å². The lowest BCUT2D eigenvalue weighted by Gasteiger charge is -2.34. The van der Waals surface area contributed by atoms with E-state index in [1.165, 1.54) is 5.56 Å². The van der Waals surface area contributed by atoms with Crippen molar-refractivity contribution < 1.29 is 20.1 Å². The monoisotopic (exact) mass is 346 g/mol. The van der Waals surface area contributed by atoms with Gasteiger partial charge in [0.15, 0.2) is 0 Å². The van der Waals surface area contributed by atoms with Crippen molar-refractivity contribution in [1.29, 1.82) is 0 Å². The van der Waals surface area contributed by atoms with E-state index in [2.05, 4.69) is 12.1 Å². The van der Waals surface area contributed by atoms with Gasteiger partial charge < -0.3 is 15.3 Å². The maximum absolute atomic E-state index is 10.9. The number of aliphatic carboxylic acids is 1. The minimum atomic E-state index is -1.10. The second-order valence-corrected chi connectivity index (χ2v) is 7.33. The SMILES string of the molecule is O=C(O)C[C@]1(O)CCC[C@@H](/C=C/C(O)CCCCc2ccccc2)C1. The van der Waals surface area contributed by atoms with Crippen LogP contribution in [0.15, 0.2) is 42.5 Å². The molecule has 0 aliphatic heterocycles. The van der Waals surface area contributed by atoms with E-state index in [0.717, 1.165) is 38.5 Å². The first kappa shape index (κ1) is 19.7. The van der Waals surface area contributed by atoms with E-state index in [1.807, 2.05) is 30.4 Å². The van der Waals surface area contributed by atoms with Gasteiger partial charge in [0.05, 0.1) is 18.1 Å². The molecule has 1 saturated carbocycles. The smallest absolute Gasteiger partial charge is 0.306 e. The van der Waals surface area contributed by atoms with Gasteiger partial charge in [-0.2, -0.15) is 0 Å². The Morgan fingerprint density at radius 2 is 2.04 bits per heavy atom. The number of unbranched alkanes of at least 4 members (excludes halogenated alkanes) is 1. The third-order valence-corrected chi connectivity index (χ3v) is 5.00. The van der Waals surface area contributed by atoms with E-state index in [0.29, 0.717) is 12.8 Å². The minimum absolute atomic E-state index is 0.150. The number of hydrogen-bond acceptors (Lipinski definition) is 3. The fourth-order valence-electron chi connectivity index (χ4n) is 3.70. The quantitative estimate of drug-likeness (QED) is 0.470. The number of aryl methyl sites for hydroxylation is 1. The summed E-state index contributed by atoms with van der Waals surface area (Å²) in [4.78, 5) is 10.9. The van der Waals surface area contributed by atoms with E-state index in [9.17, 15) is 15.0 Å². The fourth-order valence-corrected chi connectivity index (χ4v) is 3.70. The molecule has 0 radical (unpaired) electrons. The molecule has 2 rings (SSSR count). The van der Waals surface area contributed by atoms with Crippen LogP contribution in [0.25, 0.3) is 0 Å². The molecule has 4 nitrogen and oxygen atoms in total. The molecular formula is C21H30O4. The summed E-state index contributed by atoms with van der Waals surface area (Å²) in [5, 5.41) is 29.4. The molecule has 1 aliphatic carbocycles. The Bertz CT molecular complexity index is 554. The van der Waals surface area contributed by atoms with Gasteiger partial charge in [0, 0.05) is 0 Å². The van der Waals surface area contributed by atoms with E-state index < -0.39 is 17.7 Å². The lowest BCUT2D eigenvalue weighted by molar-refractivity contribution is -0.144. The first-order chi connectivity index (χ1) is 12.0. The number of rotatable bonds is 9. The van der Waals surface area contributed by atoms with Crippen LogP contribution in [0.3, 0.4) is 0 Å². The van der Waals surface area contributed by atoms with Gasteiger partial charge in [-0.05, 0) is 56.4 Å². The normalized spacial score (nSPS) is 25.1. The van der Waals surface area contributed by atoms with Crippen LogP contribution >= 0.6 is 0 Å². The number of aliphatic hydroxyl groups excluding tert-OH is 1. The maximum atomic E-state index is 10.9. The fraction of sp³-hybridized carbons (Fsp3) is 0.571. The third-order valence-electron chi connectivity index (χ3n) is 5.00. The van der Waals surface area contributed by atoms with Crippen LogP contribution in [0.4, 0.5) is 0 Å². The van der Waals surface area contributed by atoms with Gasteiger partial charge in [-0.3, -0.25) is 4.79 Å². The van der Waals surface area contributed by atoms with Gasteiger partial charge in [-0.25, -0.2) is 0 Å². The first-order valence-corrected chi connectivity index (χ1v) is 9.31. The summed E-state index contributed by atoms with van der Waals surface area (Å²) in [6.45, 7) is 0. The molecule has 138 valence electrons. The van der Waals surface area contributed by atoms with Gasteiger partial charge in [-0.1, -0.05) is 48.9 Å². The summed E-state index contributed by atoms with van der Waals surface area (Å²) in [5.74, 6) is -0.803. The van der Waals surface area contributed by atoms with E-state index >= 15 is 0 Å². The molecule has 1 aliphatic rings. The molecule has 0 heterocycles. The van der Waals surface area contributed by atoms with E-state index in [1.54, 1.807) is 0 Å². The van der Waals surface area contributed by atoms with Crippen molar-refractivity contribution in [2.75, 3.05) is 0 Å². The second kappa shape index (κ2) is 9.73. The van der Waals surface area contributed by atoms with Crippen molar-refractivity contribution >= 4 is 5.97 Å². The van der Waals surface area contributed by atoms with Crippen molar-refractivity contribution in [3.8, 4) is 0 Å². The highest BCUT2D eigenvalue weighted by Crippen LogP contribution is 2.35. The lowest BCUT2D eigenvalue weighted by Crippen LogP contribution is -2.37. The highest BCUT2D eigenvalue weighted by molar-refractivity contribution is 5.68. The Labute approximate surface area is 150 Å². The molecule has 4 heteroatoms. The van der Waals surface area contributed by atoms with Gasteiger partial charge in [0.1, 0.15) is 0 Å². The zero-order valence-electron chi connectivity index (χ0n) is 14.8. The Morgan fingerprint density at radius 3 is 2.76 bits per heavy atom. The summed E-state index contributed by atoms with van der Waals surface area (Å²) >= 11 is 0. The molecule has 3 N–H and O–H groups in total. The van der Waals surface area contributed by atoms with Crippen molar-refractivity contribution in [2.45, 2.75) is 69.5 Å².